The van der Waals surface area contributed by atoms with Crippen LogP contribution in [0, 0.1) is 0 Å². The van der Waals surface area contributed by atoms with Gasteiger partial charge in [-0.05, 0) is 19.6 Å². The van der Waals surface area contributed by atoms with Crippen molar-refractivity contribution < 1.29 is 16.8 Å². The van der Waals surface area contributed by atoms with E-state index in [0.29, 0.717) is 6.54 Å². The molecule has 0 aliphatic rings. The fraction of sp³-hybridized carbons (Fsp3) is 0.833. The Morgan fingerprint density at radius 3 is 1.19 bits per heavy atom. The molecule has 1 N–H and O–H groups in total. The topological polar surface area (TPSA) is 33.5 Å². The number of nitrogens with one attached hydrogen (secondary N) is 1. The molecular formula is C12H33CoN4S4+6. The maximum absolute atomic E-state index is 6.90. The summed E-state index contributed by atoms with van der Waals surface area (Å²) in [6.45, 7) is 7.86. The van der Waals surface area contributed by atoms with E-state index in [4.69, 9.17) is 5.73 Å². The molecule has 0 heterocycles. The van der Waals surface area contributed by atoms with E-state index in [1.807, 2.05) is 38.0 Å². The Kier molecular flexibility index (Phi) is 30.5. The van der Waals surface area contributed by atoms with Crippen molar-refractivity contribution in [2.24, 2.45) is 0 Å². The van der Waals surface area contributed by atoms with Crippen molar-refractivity contribution in [2.75, 3.05) is 54.4 Å². The molecule has 0 spiro atoms. The number of likely N-dealkylation sites (N-methyl/N-ethyl adjacent to an activating group) is 1. The SMILES string of the molecule is CCN(CC)CC[NH-].CN(C)C(=[SH+])[SH2+].CN(C)C(=[SH+])[SH2+].[Co+3]. The zero-order valence-electron chi connectivity index (χ0n) is 13.9. The van der Waals surface area contributed by atoms with Crippen LogP contribution in [0.25, 0.3) is 5.73 Å². The molecule has 4 nitrogen and oxygen atoms in total. The quantitative estimate of drug-likeness (QED) is 0.340. The van der Waals surface area contributed by atoms with E-state index in [1.54, 1.807) is 0 Å². The van der Waals surface area contributed by atoms with Gasteiger partial charge < -0.3 is 10.6 Å². The Morgan fingerprint density at radius 2 is 1.14 bits per heavy atom. The molecule has 0 atom stereocenters. The maximum Gasteiger partial charge on any atom is 3.00 e. The van der Waals surface area contributed by atoms with E-state index in [0.717, 1.165) is 28.3 Å². The van der Waals surface area contributed by atoms with Gasteiger partial charge in [0.1, 0.15) is 0 Å². The number of rotatable bonds is 4. The maximum atomic E-state index is 6.90. The predicted octanol–water partition coefficient (Wildman–Crippen LogP) is -0.770. The molecule has 0 aliphatic heterocycles. The molecular weight excluding hydrogens is 387 g/mol. The minimum absolute atomic E-state index is 0. The first kappa shape index (κ1) is 30.1. The molecule has 0 aromatic carbocycles. The van der Waals surface area contributed by atoms with Gasteiger partial charge in [-0.1, -0.05) is 13.8 Å². The minimum Gasteiger partial charge on any atom is -0.676 e. The predicted molar refractivity (Wildman–Crippen MR) is 112 cm³/mol. The van der Waals surface area contributed by atoms with Crippen LogP contribution < -0.4 is 0 Å². The molecule has 21 heavy (non-hydrogen) atoms. The third-order valence-corrected chi connectivity index (χ3v) is 3.86. The molecule has 0 aliphatic carbocycles. The van der Waals surface area contributed by atoms with Gasteiger partial charge in [-0.3, -0.25) is 0 Å². The standard InChI is InChI=1S/C6H15N2.2C3H7NS2.Co/c1-3-8(4-2)6-5-7;2*1-4(2)3(5)6;/h7H,3-6H2,1-2H3;2*1-2H3,(H,5,6);/q-1;;;+3/p+4. The summed E-state index contributed by atoms with van der Waals surface area (Å²) >= 11 is 14.3. The summed E-state index contributed by atoms with van der Waals surface area (Å²) in [6, 6.07) is 0. The molecule has 0 saturated carbocycles. The zero-order chi connectivity index (χ0) is 16.7. The van der Waals surface area contributed by atoms with E-state index in [-0.39, 0.29) is 16.8 Å². The van der Waals surface area contributed by atoms with Crippen LogP contribution in [0.1, 0.15) is 13.8 Å². The summed E-state index contributed by atoms with van der Waals surface area (Å²) in [6.07, 6.45) is 0. The van der Waals surface area contributed by atoms with Gasteiger partial charge in [-0.2, -0.15) is 9.80 Å². The van der Waals surface area contributed by atoms with Gasteiger partial charge in [0.05, 0.1) is 25.3 Å². The summed E-state index contributed by atoms with van der Waals surface area (Å²) in [5, 5.41) is 0. The van der Waals surface area contributed by atoms with Crippen LogP contribution in [0.5, 0.6) is 0 Å². The van der Waals surface area contributed by atoms with E-state index in [9.17, 15) is 0 Å². The van der Waals surface area contributed by atoms with Crippen molar-refractivity contribution in [3.63, 3.8) is 0 Å². The van der Waals surface area contributed by atoms with Crippen molar-refractivity contribution in [3.05, 3.63) is 5.73 Å². The Morgan fingerprint density at radius 1 is 0.905 bits per heavy atom. The Balaban J connectivity index is -0.000000102. The number of hydrogen-bond donors (Lipinski definition) is 0. The van der Waals surface area contributed by atoms with Crippen LogP contribution in [0.15, 0.2) is 0 Å². The second-order valence-electron chi connectivity index (χ2n) is 4.21. The Bertz CT molecular complexity index is 231. The zero-order valence-corrected chi connectivity index (χ0v) is 18.7. The summed E-state index contributed by atoms with van der Waals surface area (Å²) in [5.74, 6) is 0. The van der Waals surface area contributed by atoms with Crippen molar-refractivity contribution in [1.82, 2.24) is 14.7 Å². The molecule has 0 bridgehead atoms. The van der Waals surface area contributed by atoms with Crippen molar-refractivity contribution in [3.8, 4) is 0 Å². The second-order valence-corrected chi connectivity index (χ2v) is 6.85. The normalized spacial score (nSPS) is 9.33. The van der Waals surface area contributed by atoms with Crippen molar-refractivity contribution >= 4 is 58.3 Å². The summed E-state index contributed by atoms with van der Waals surface area (Å²) < 4.78 is 1.69. The van der Waals surface area contributed by atoms with E-state index in [1.165, 1.54) is 0 Å². The first-order valence-electron chi connectivity index (χ1n) is 6.40. The molecule has 0 saturated heterocycles. The van der Waals surface area contributed by atoms with E-state index >= 15 is 0 Å². The first-order valence-corrected chi connectivity index (χ1v) is 8.29. The van der Waals surface area contributed by atoms with Gasteiger partial charge in [0, 0.05) is 28.2 Å². The molecule has 9 heteroatoms. The van der Waals surface area contributed by atoms with Gasteiger partial charge in [0.15, 0.2) is 0 Å². The van der Waals surface area contributed by atoms with Gasteiger partial charge in [0.25, 0.3) is 0 Å². The second kappa shape index (κ2) is 21.2. The summed E-state index contributed by atoms with van der Waals surface area (Å²) in [4.78, 5) is 5.97. The fourth-order valence-electron chi connectivity index (χ4n) is 0.698. The molecule has 0 amide bonds. The molecule has 0 aromatic heterocycles. The van der Waals surface area contributed by atoms with E-state index in [2.05, 4.69) is 68.4 Å². The average Bonchev–Trinajstić information content (AvgIpc) is 2.37. The number of nitrogens with zero attached hydrogens (tertiary/aromatic N) is 3. The third-order valence-electron chi connectivity index (χ3n) is 2.17. The summed E-state index contributed by atoms with van der Waals surface area (Å²) in [5.41, 5.74) is 6.90. The van der Waals surface area contributed by atoms with Crippen LogP contribution in [0.3, 0.4) is 0 Å². The Hall–Kier alpha value is 1.23. The molecule has 0 rings (SSSR count). The van der Waals surface area contributed by atoms with Gasteiger partial charge in [-0.25, -0.2) is 0 Å². The third kappa shape index (κ3) is 29.8. The van der Waals surface area contributed by atoms with Crippen LogP contribution in [-0.2, 0) is 66.5 Å². The van der Waals surface area contributed by atoms with Crippen molar-refractivity contribution in [1.29, 1.82) is 0 Å². The van der Waals surface area contributed by atoms with Crippen LogP contribution in [0.2, 0.25) is 0 Å². The molecule has 0 unspecified atom stereocenters. The fourth-order valence-corrected chi connectivity index (χ4v) is 0.698. The molecule has 0 fully saturated rings. The van der Waals surface area contributed by atoms with Gasteiger partial charge in [-0.15, -0.1) is 6.54 Å². The van der Waals surface area contributed by atoms with Crippen LogP contribution in [0.4, 0.5) is 0 Å². The summed E-state index contributed by atoms with van der Waals surface area (Å²) in [7, 11) is 7.65. The largest absolute Gasteiger partial charge is 3.00 e. The Labute approximate surface area is 163 Å². The average molecular weight is 421 g/mol. The van der Waals surface area contributed by atoms with Gasteiger partial charge in [0.2, 0.25) is 24.4 Å². The van der Waals surface area contributed by atoms with Crippen LogP contribution in [-0.4, -0.2) is 77.7 Å². The number of thiol groups is 2. The molecule has 0 aromatic rings. The smallest absolute Gasteiger partial charge is 0.676 e. The van der Waals surface area contributed by atoms with Crippen molar-refractivity contribution in [2.45, 2.75) is 13.8 Å². The number of hydrogen-bond acceptors (Lipinski definition) is 1. The van der Waals surface area contributed by atoms with Gasteiger partial charge >= 0.3 is 25.4 Å². The first-order chi connectivity index (χ1) is 9.13. The van der Waals surface area contributed by atoms with E-state index < -0.39 is 0 Å². The minimum atomic E-state index is 0. The molecule has 0 radical (unpaired) electrons. The monoisotopic (exact) mass is 420 g/mol. The van der Waals surface area contributed by atoms with Crippen LogP contribution >= 0.6 is 0 Å². The molecule has 128 valence electrons.